The first-order valence-corrected chi connectivity index (χ1v) is 10.5. The SMILES string of the molecule is Oc1c(Br)cc(C(c2c[nH]c3ccccc23)c2c[nH]c3ccccc23)cc1Br. The van der Waals surface area contributed by atoms with Crippen LogP contribution in [0.5, 0.6) is 5.75 Å². The Morgan fingerprint density at radius 3 is 1.68 bits per heavy atom. The molecule has 5 rings (SSSR count). The molecule has 5 heteroatoms. The van der Waals surface area contributed by atoms with Crippen LogP contribution >= 0.6 is 31.9 Å². The predicted molar refractivity (Wildman–Crippen MR) is 121 cm³/mol. The molecule has 0 aliphatic rings. The number of nitrogens with one attached hydrogen (secondary N) is 2. The maximum atomic E-state index is 10.2. The first kappa shape index (κ1) is 17.6. The van der Waals surface area contributed by atoms with E-state index < -0.39 is 0 Å². The smallest absolute Gasteiger partial charge is 0.143 e. The third kappa shape index (κ3) is 2.77. The number of fused-ring (bicyclic) bond motifs is 2. The van der Waals surface area contributed by atoms with Gasteiger partial charge < -0.3 is 15.1 Å². The van der Waals surface area contributed by atoms with Gasteiger partial charge in [0.15, 0.2) is 0 Å². The molecule has 0 unspecified atom stereocenters. The van der Waals surface area contributed by atoms with Gasteiger partial charge in [0, 0.05) is 40.1 Å². The fourth-order valence-corrected chi connectivity index (χ4v) is 5.17. The minimum atomic E-state index is 0.000463. The number of phenolic OH excluding ortho intramolecular Hbond substituents is 1. The molecule has 0 aliphatic heterocycles. The van der Waals surface area contributed by atoms with Crippen LogP contribution in [-0.2, 0) is 0 Å². The number of phenols is 1. The molecule has 0 fully saturated rings. The normalized spacial score (nSPS) is 11.7. The topological polar surface area (TPSA) is 51.8 Å². The molecule has 0 amide bonds. The number of H-pyrrole nitrogens is 2. The summed E-state index contributed by atoms with van der Waals surface area (Å²) in [5, 5.41) is 12.6. The lowest BCUT2D eigenvalue weighted by Crippen LogP contribution is -2.03. The van der Waals surface area contributed by atoms with Crippen molar-refractivity contribution in [1.82, 2.24) is 9.97 Å². The summed E-state index contributed by atoms with van der Waals surface area (Å²) in [7, 11) is 0. The van der Waals surface area contributed by atoms with Gasteiger partial charge in [-0.2, -0.15) is 0 Å². The first-order chi connectivity index (χ1) is 13.6. The molecular formula is C23H16Br2N2O. The van der Waals surface area contributed by atoms with Gasteiger partial charge in [0.2, 0.25) is 0 Å². The Labute approximate surface area is 178 Å². The van der Waals surface area contributed by atoms with Crippen molar-refractivity contribution >= 4 is 53.7 Å². The zero-order chi connectivity index (χ0) is 19.3. The van der Waals surface area contributed by atoms with Crippen LogP contribution in [0.2, 0.25) is 0 Å². The molecule has 138 valence electrons. The van der Waals surface area contributed by atoms with Crippen molar-refractivity contribution in [3.63, 3.8) is 0 Å². The van der Waals surface area contributed by atoms with Gasteiger partial charge in [0.05, 0.1) is 8.95 Å². The molecule has 0 atom stereocenters. The van der Waals surface area contributed by atoms with Crippen molar-refractivity contribution in [3.8, 4) is 5.75 Å². The highest BCUT2D eigenvalue weighted by atomic mass is 79.9. The number of para-hydroxylation sites is 2. The van der Waals surface area contributed by atoms with Crippen LogP contribution < -0.4 is 0 Å². The molecule has 5 aromatic rings. The van der Waals surface area contributed by atoms with Crippen LogP contribution in [0, 0.1) is 0 Å². The van der Waals surface area contributed by atoms with E-state index >= 15 is 0 Å². The number of hydrogen-bond donors (Lipinski definition) is 3. The van der Waals surface area contributed by atoms with Crippen molar-refractivity contribution in [3.05, 3.63) is 98.7 Å². The zero-order valence-electron chi connectivity index (χ0n) is 14.7. The lowest BCUT2D eigenvalue weighted by molar-refractivity contribution is 0.468. The van der Waals surface area contributed by atoms with Crippen molar-refractivity contribution in [2.45, 2.75) is 5.92 Å². The summed E-state index contributed by atoms with van der Waals surface area (Å²) in [5.41, 5.74) is 5.71. The van der Waals surface area contributed by atoms with E-state index in [1.54, 1.807) is 0 Å². The van der Waals surface area contributed by atoms with Crippen molar-refractivity contribution < 1.29 is 5.11 Å². The second-order valence-electron chi connectivity index (χ2n) is 6.85. The molecular weight excluding hydrogens is 480 g/mol. The Balaban J connectivity index is 1.82. The summed E-state index contributed by atoms with van der Waals surface area (Å²) in [6.45, 7) is 0. The summed E-state index contributed by atoms with van der Waals surface area (Å²) >= 11 is 6.99. The number of halogens is 2. The van der Waals surface area contributed by atoms with Gasteiger partial charge in [0.25, 0.3) is 0 Å². The molecule has 3 aromatic carbocycles. The Morgan fingerprint density at radius 1 is 0.714 bits per heavy atom. The largest absolute Gasteiger partial charge is 0.506 e. The Bertz CT molecular complexity index is 1220. The highest BCUT2D eigenvalue weighted by molar-refractivity contribution is 9.11. The maximum absolute atomic E-state index is 10.2. The third-order valence-corrected chi connectivity index (χ3v) is 6.45. The van der Waals surface area contributed by atoms with Crippen molar-refractivity contribution in [1.29, 1.82) is 0 Å². The number of aromatic nitrogens is 2. The van der Waals surface area contributed by atoms with Gasteiger partial charge in [0.1, 0.15) is 5.75 Å². The minimum absolute atomic E-state index is 0.000463. The number of aromatic amines is 2. The first-order valence-electron chi connectivity index (χ1n) is 8.93. The Hall–Kier alpha value is -2.50. The van der Waals surface area contributed by atoms with E-state index in [9.17, 15) is 5.11 Å². The van der Waals surface area contributed by atoms with Gasteiger partial charge in [-0.25, -0.2) is 0 Å². The zero-order valence-corrected chi connectivity index (χ0v) is 17.9. The molecule has 2 aromatic heterocycles. The van der Waals surface area contributed by atoms with Crippen LogP contribution in [0.1, 0.15) is 22.6 Å². The van der Waals surface area contributed by atoms with Crippen LogP contribution in [0.15, 0.2) is 82.0 Å². The standard InChI is InChI=1S/C23H16Br2N2O/c24-18-9-13(10-19(25)23(18)28)22(16-11-26-20-7-3-1-5-14(16)20)17-12-27-21-8-4-2-6-15(17)21/h1-12,22,26-28H. The molecule has 28 heavy (non-hydrogen) atoms. The van der Waals surface area contributed by atoms with E-state index in [1.165, 1.54) is 21.9 Å². The number of benzene rings is 3. The van der Waals surface area contributed by atoms with Crippen LogP contribution in [-0.4, -0.2) is 15.1 Å². The van der Waals surface area contributed by atoms with Crippen molar-refractivity contribution in [2.75, 3.05) is 0 Å². The lowest BCUT2D eigenvalue weighted by Gasteiger charge is -2.19. The van der Waals surface area contributed by atoms with Crippen LogP contribution in [0.3, 0.4) is 0 Å². The van der Waals surface area contributed by atoms with E-state index in [4.69, 9.17) is 0 Å². The highest BCUT2D eigenvalue weighted by Crippen LogP contribution is 2.43. The summed E-state index contributed by atoms with van der Waals surface area (Å²) in [4.78, 5) is 6.81. The van der Waals surface area contributed by atoms with Gasteiger partial charge in [-0.3, -0.25) is 0 Å². The van der Waals surface area contributed by atoms with E-state index in [0.29, 0.717) is 8.95 Å². The summed E-state index contributed by atoms with van der Waals surface area (Å²) in [6, 6.07) is 20.7. The fourth-order valence-electron chi connectivity index (χ4n) is 3.94. The highest BCUT2D eigenvalue weighted by Gasteiger charge is 2.24. The second kappa shape index (κ2) is 6.83. The molecule has 0 saturated carbocycles. The van der Waals surface area contributed by atoms with E-state index in [0.717, 1.165) is 16.6 Å². The molecule has 3 nitrogen and oxygen atoms in total. The minimum Gasteiger partial charge on any atom is -0.506 e. The number of rotatable bonds is 3. The molecule has 3 N–H and O–H groups in total. The number of aromatic hydroxyl groups is 1. The van der Waals surface area contributed by atoms with Crippen LogP contribution in [0.4, 0.5) is 0 Å². The summed E-state index contributed by atoms with van der Waals surface area (Å²) < 4.78 is 1.34. The van der Waals surface area contributed by atoms with Gasteiger partial charge >= 0.3 is 0 Å². The van der Waals surface area contributed by atoms with Gasteiger partial charge in [-0.1, -0.05) is 36.4 Å². The average Bonchev–Trinajstić information content (AvgIpc) is 3.32. The average molecular weight is 496 g/mol. The predicted octanol–water partition coefficient (Wildman–Crippen LogP) is 7.06. The van der Waals surface area contributed by atoms with E-state index in [-0.39, 0.29) is 11.7 Å². The second-order valence-corrected chi connectivity index (χ2v) is 8.55. The molecule has 0 bridgehead atoms. The maximum Gasteiger partial charge on any atom is 0.143 e. The Morgan fingerprint density at radius 2 is 1.18 bits per heavy atom. The quantitative estimate of drug-likeness (QED) is 0.246. The summed E-state index contributed by atoms with van der Waals surface area (Å²) in [5.74, 6) is 0.209. The monoisotopic (exact) mass is 494 g/mol. The van der Waals surface area contributed by atoms with Crippen LogP contribution in [0.25, 0.3) is 21.8 Å². The molecule has 2 heterocycles. The molecule has 0 spiro atoms. The number of hydrogen-bond acceptors (Lipinski definition) is 1. The molecule has 0 aliphatic carbocycles. The lowest BCUT2D eigenvalue weighted by atomic mass is 9.85. The summed E-state index contributed by atoms with van der Waals surface area (Å²) in [6.07, 6.45) is 4.18. The van der Waals surface area contributed by atoms with E-state index in [2.05, 4.69) is 90.6 Å². The van der Waals surface area contributed by atoms with E-state index in [1.807, 2.05) is 24.3 Å². The van der Waals surface area contributed by atoms with Crippen molar-refractivity contribution in [2.24, 2.45) is 0 Å². The Kier molecular flexibility index (Phi) is 4.29. The van der Waals surface area contributed by atoms with Gasteiger partial charge in [-0.15, -0.1) is 0 Å². The third-order valence-electron chi connectivity index (χ3n) is 5.24. The van der Waals surface area contributed by atoms with Gasteiger partial charge in [-0.05, 0) is 72.8 Å². The molecule has 0 radical (unpaired) electrons. The fraction of sp³-hybridized carbons (Fsp3) is 0.0435. The molecule has 0 saturated heterocycles.